The Morgan fingerprint density at radius 1 is 1.00 bits per heavy atom. The van der Waals surface area contributed by atoms with Crippen molar-refractivity contribution in [3.05, 3.63) is 0 Å². The topological polar surface area (TPSA) is 75.6 Å². The molecule has 0 saturated carbocycles. The van der Waals surface area contributed by atoms with Gasteiger partial charge in [-0.3, -0.25) is 0 Å². The van der Waals surface area contributed by atoms with Crippen molar-refractivity contribution in [1.29, 1.82) is 0 Å². The zero-order valence-corrected chi connectivity index (χ0v) is 20.8. The molecule has 0 aromatic heterocycles. The first-order valence-corrected chi connectivity index (χ1v) is 18.6. The van der Waals surface area contributed by atoms with Crippen LogP contribution in [-0.4, -0.2) is 93.1 Å². The van der Waals surface area contributed by atoms with Crippen LogP contribution in [0.1, 0.15) is 26.7 Å². The first kappa shape index (κ1) is 25.6. The number of aliphatic hydroxyl groups excluding tert-OH is 1. The minimum absolute atomic E-state index is 0.161. The predicted octanol–water partition coefficient (Wildman–Crippen LogP) is 1.91. The summed E-state index contributed by atoms with van der Waals surface area (Å²) in [6, 6.07) is 0. The summed E-state index contributed by atoms with van der Waals surface area (Å²) in [6.07, 6.45) is 1.80. The van der Waals surface area contributed by atoms with Gasteiger partial charge in [-0.25, -0.2) is 0 Å². The van der Waals surface area contributed by atoms with E-state index in [9.17, 15) is 0 Å². The van der Waals surface area contributed by atoms with Gasteiger partial charge in [0.15, 0.2) is 0 Å². The molecule has 0 aromatic rings. The Labute approximate surface area is 146 Å². The van der Waals surface area contributed by atoms with Gasteiger partial charge in [0.2, 0.25) is 0 Å². The molecule has 0 bridgehead atoms. The maximum atomic E-state index is 8.58. The van der Waals surface area contributed by atoms with E-state index in [1.807, 2.05) is 13.8 Å². The fourth-order valence-electron chi connectivity index (χ4n) is 1.85. The van der Waals surface area contributed by atoms with Crippen LogP contribution in [0.2, 0.25) is 8.87 Å². The summed E-state index contributed by atoms with van der Waals surface area (Å²) in [6.45, 7) is 4.99. The van der Waals surface area contributed by atoms with Gasteiger partial charge in [0.1, 0.15) is 0 Å². The van der Waals surface area contributed by atoms with Gasteiger partial charge in [-0.2, -0.15) is 0 Å². The van der Waals surface area contributed by atoms with Crippen molar-refractivity contribution in [2.24, 2.45) is 0 Å². The van der Waals surface area contributed by atoms with E-state index < -0.39 is 39.2 Å². The summed E-state index contributed by atoms with van der Waals surface area (Å²) in [5.41, 5.74) is 0. The second kappa shape index (κ2) is 15.8. The molecule has 22 heavy (non-hydrogen) atoms. The molecule has 0 radical (unpaired) electrons. The monoisotopic (exact) mass is 542 g/mol. The fourth-order valence-corrected chi connectivity index (χ4v) is 12.4. The Balaban J connectivity index is 0. The molecule has 1 aliphatic rings. The van der Waals surface area contributed by atoms with Crippen molar-refractivity contribution >= 4 is 39.2 Å². The molecule has 136 valence electrons. The second-order valence-corrected chi connectivity index (χ2v) is 21.5. The molecule has 7 nitrogen and oxygen atoms in total. The summed E-state index contributed by atoms with van der Waals surface area (Å²) in [5, 5.41) is 8.58. The van der Waals surface area contributed by atoms with Gasteiger partial charge in [-0.15, -0.1) is 0 Å². The third-order valence-electron chi connectivity index (χ3n) is 3.15. The van der Waals surface area contributed by atoms with Crippen LogP contribution >= 0.6 is 0 Å². The third kappa shape index (κ3) is 9.57. The van der Waals surface area contributed by atoms with E-state index in [4.69, 9.17) is 23.6 Å². The number of hydrogen-bond donors (Lipinski definition) is 1. The SMILES string of the molecule is CC.C[O][Sn]([CH2]CCO)([O]C)[O]C.C[O][Sn]1([O]C)[CH2]CC[O]1. The molecule has 1 saturated heterocycles. The van der Waals surface area contributed by atoms with Gasteiger partial charge in [-0.05, 0) is 0 Å². The van der Waals surface area contributed by atoms with Crippen molar-refractivity contribution in [3.8, 4) is 0 Å². The van der Waals surface area contributed by atoms with E-state index in [-0.39, 0.29) is 6.61 Å². The Kier molecular flexibility index (Phi) is 18.4. The molecule has 1 fully saturated rings. The van der Waals surface area contributed by atoms with E-state index in [1.54, 1.807) is 35.5 Å². The van der Waals surface area contributed by atoms with E-state index in [0.717, 1.165) is 21.9 Å². The molecule has 0 spiro atoms. The van der Waals surface area contributed by atoms with Crippen molar-refractivity contribution in [1.82, 2.24) is 0 Å². The summed E-state index contributed by atoms with van der Waals surface area (Å²) in [5.74, 6) is 0. The molecule has 1 N–H and O–H groups in total. The van der Waals surface area contributed by atoms with Crippen LogP contribution in [0.25, 0.3) is 0 Å². The molecule has 0 unspecified atom stereocenters. The first-order chi connectivity index (χ1) is 10.6. The van der Waals surface area contributed by atoms with Crippen LogP contribution in [0.15, 0.2) is 0 Å². The average Bonchev–Trinajstić information content (AvgIpc) is 3.09. The van der Waals surface area contributed by atoms with E-state index in [2.05, 4.69) is 0 Å². The van der Waals surface area contributed by atoms with Gasteiger partial charge in [0.25, 0.3) is 0 Å². The Morgan fingerprint density at radius 3 is 1.73 bits per heavy atom. The van der Waals surface area contributed by atoms with Crippen LogP contribution in [-0.2, 0) is 18.4 Å². The molecule has 0 aliphatic carbocycles. The van der Waals surface area contributed by atoms with Gasteiger partial charge < -0.3 is 0 Å². The first-order valence-electron chi connectivity index (χ1n) is 7.58. The maximum absolute atomic E-state index is 8.58. The van der Waals surface area contributed by atoms with Gasteiger partial charge in [-0.1, -0.05) is 13.8 Å². The van der Waals surface area contributed by atoms with E-state index in [1.165, 1.54) is 0 Å². The van der Waals surface area contributed by atoms with Crippen LogP contribution in [0, 0.1) is 0 Å². The molecule has 1 rings (SSSR count). The minimum atomic E-state index is -3.12. The standard InChI is InChI=1S/C3H7O.C3H6O.C2H6.5CH3O.2Sn/c2*1-2-3-4;6*1-2;;/h4H,1-3H2;1-3H2;1-2H3;5*1H3;;/q;-1;;5*-1;2*+3. The fraction of sp³-hybridized carbons (Fsp3) is 1.00. The molecular weight excluding hydrogens is 506 g/mol. The quantitative estimate of drug-likeness (QED) is 0.473. The van der Waals surface area contributed by atoms with Crippen molar-refractivity contribution < 1.29 is 23.6 Å². The van der Waals surface area contributed by atoms with E-state index in [0.29, 0.717) is 6.42 Å². The van der Waals surface area contributed by atoms with Crippen LogP contribution < -0.4 is 0 Å². The molecule has 9 heteroatoms. The van der Waals surface area contributed by atoms with Gasteiger partial charge in [0.05, 0.1) is 0 Å². The van der Waals surface area contributed by atoms with Crippen LogP contribution in [0.4, 0.5) is 0 Å². The summed E-state index contributed by atoms with van der Waals surface area (Å²) in [7, 11) is 8.16. The molecule has 0 aromatic carbocycles. The molecule has 1 heterocycles. The van der Waals surface area contributed by atoms with Crippen LogP contribution in [0.5, 0.6) is 0 Å². The van der Waals surface area contributed by atoms with Gasteiger partial charge >= 0.3 is 133 Å². The number of rotatable bonds is 8. The second-order valence-electron chi connectivity index (χ2n) is 4.17. The Bertz CT molecular complexity index is 220. The van der Waals surface area contributed by atoms with Crippen molar-refractivity contribution in [2.75, 3.05) is 48.8 Å². The molecule has 0 amide bonds. The Hall–Kier alpha value is 1.32. The van der Waals surface area contributed by atoms with Crippen molar-refractivity contribution in [2.45, 2.75) is 35.6 Å². The summed E-state index contributed by atoms with van der Waals surface area (Å²) < 4.78 is 33.2. The van der Waals surface area contributed by atoms with E-state index >= 15 is 0 Å². The van der Waals surface area contributed by atoms with Crippen molar-refractivity contribution in [3.63, 3.8) is 0 Å². The molecular formula is C13H34O7Sn2. The predicted molar refractivity (Wildman–Crippen MR) is 89.8 cm³/mol. The average molecular weight is 540 g/mol. The molecule has 1 aliphatic heterocycles. The summed E-state index contributed by atoms with van der Waals surface area (Å²) >= 11 is -5.90. The zero-order valence-electron chi connectivity index (χ0n) is 15.1. The van der Waals surface area contributed by atoms with Gasteiger partial charge in [0, 0.05) is 0 Å². The molecule has 0 atom stereocenters. The third-order valence-corrected chi connectivity index (χ3v) is 19.4. The van der Waals surface area contributed by atoms with Crippen LogP contribution in [0.3, 0.4) is 0 Å². The Morgan fingerprint density at radius 2 is 1.50 bits per heavy atom. The number of hydrogen-bond acceptors (Lipinski definition) is 7. The normalized spacial score (nSPS) is 16.4. The number of aliphatic hydroxyl groups is 1. The zero-order chi connectivity index (χ0) is 17.5. The summed E-state index contributed by atoms with van der Waals surface area (Å²) in [4.78, 5) is 0.